The Morgan fingerprint density at radius 2 is 1.79 bits per heavy atom. The van der Waals surface area contributed by atoms with Crippen LogP contribution in [-0.4, -0.2) is 12.5 Å². The molecule has 0 fully saturated rings. The van der Waals surface area contributed by atoms with Gasteiger partial charge in [0.25, 0.3) is 5.91 Å². The van der Waals surface area contributed by atoms with Crippen LogP contribution in [0.5, 0.6) is 17.2 Å². The van der Waals surface area contributed by atoms with Gasteiger partial charge in [-0.3, -0.25) is 4.79 Å². The molecule has 3 rings (SSSR count). The summed E-state index contributed by atoms with van der Waals surface area (Å²) in [6.45, 7) is 2.58. The lowest BCUT2D eigenvalue weighted by Crippen LogP contribution is -2.13. The summed E-state index contributed by atoms with van der Waals surface area (Å²) >= 11 is 6.10. The minimum absolute atomic E-state index is 0.325. The van der Waals surface area contributed by atoms with E-state index in [0.717, 1.165) is 6.42 Å². The summed E-state index contributed by atoms with van der Waals surface area (Å²) in [5, 5.41) is 3.32. The Hall–Kier alpha value is -3.18. The number of hydrogen-bond acceptors (Lipinski definition) is 4. The summed E-state index contributed by atoms with van der Waals surface area (Å²) in [6.07, 6.45) is 0.876. The number of nitrogen functional groups attached to an aromatic ring is 1. The highest BCUT2D eigenvalue weighted by molar-refractivity contribution is 6.31. The molecular weight excluding hydrogens is 376 g/mol. The van der Waals surface area contributed by atoms with Crippen molar-refractivity contribution in [2.24, 2.45) is 0 Å². The van der Waals surface area contributed by atoms with Gasteiger partial charge in [-0.05, 0) is 55.0 Å². The number of ether oxygens (including phenoxy) is 2. The molecule has 0 aliphatic carbocycles. The van der Waals surface area contributed by atoms with Gasteiger partial charge in [-0.1, -0.05) is 36.7 Å². The molecule has 0 saturated carbocycles. The topological polar surface area (TPSA) is 73.6 Å². The van der Waals surface area contributed by atoms with E-state index in [2.05, 4.69) is 5.32 Å². The van der Waals surface area contributed by atoms with Gasteiger partial charge in [-0.15, -0.1) is 0 Å². The van der Waals surface area contributed by atoms with Gasteiger partial charge >= 0.3 is 0 Å². The number of hydrogen-bond donors (Lipinski definition) is 2. The number of rotatable bonds is 7. The fourth-order valence-electron chi connectivity index (χ4n) is 2.53. The number of carbonyl (C=O) groups is 1. The third-order valence-corrected chi connectivity index (χ3v) is 4.13. The zero-order valence-electron chi connectivity index (χ0n) is 15.4. The molecule has 6 heteroatoms. The van der Waals surface area contributed by atoms with Crippen LogP contribution in [0, 0.1) is 0 Å². The predicted molar refractivity (Wildman–Crippen MR) is 113 cm³/mol. The molecule has 0 bridgehead atoms. The van der Waals surface area contributed by atoms with Crippen LogP contribution in [0.25, 0.3) is 0 Å². The van der Waals surface area contributed by atoms with Crippen LogP contribution in [0.15, 0.2) is 66.7 Å². The fraction of sp³-hybridized carbons (Fsp3) is 0.136. The molecule has 0 unspecified atom stereocenters. The van der Waals surface area contributed by atoms with Crippen molar-refractivity contribution in [3.8, 4) is 17.2 Å². The molecule has 0 aliphatic rings. The first-order valence-corrected chi connectivity index (χ1v) is 9.30. The molecule has 0 spiro atoms. The standard InChI is InChI=1S/C22H21ClN2O3/c1-2-12-27-20-10-8-15(13-18(20)24)22(26)25-19-14-16(23)9-11-21(19)28-17-6-4-3-5-7-17/h3-11,13-14H,2,12,24H2,1H3,(H,25,26). The van der Waals surface area contributed by atoms with Crippen LogP contribution in [0.4, 0.5) is 11.4 Å². The van der Waals surface area contributed by atoms with E-state index in [1.165, 1.54) is 0 Å². The number of para-hydroxylation sites is 1. The normalized spacial score (nSPS) is 10.4. The van der Waals surface area contributed by atoms with Gasteiger partial charge in [0, 0.05) is 10.6 Å². The number of anilines is 2. The summed E-state index contributed by atoms with van der Waals surface area (Å²) < 4.78 is 11.4. The summed E-state index contributed by atoms with van der Waals surface area (Å²) in [5.41, 5.74) is 7.28. The fourth-order valence-corrected chi connectivity index (χ4v) is 2.70. The van der Waals surface area contributed by atoms with Crippen LogP contribution < -0.4 is 20.5 Å². The summed E-state index contributed by atoms with van der Waals surface area (Å²) in [6, 6.07) is 19.3. The molecule has 0 aromatic heterocycles. The molecule has 0 heterocycles. The third-order valence-electron chi connectivity index (χ3n) is 3.89. The molecule has 0 radical (unpaired) electrons. The Morgan fingerprint density at radius 3 is 2.50 bits per heavy atom. The molecule has 3 aromatic rings. The number of nitrogens with one attached hydrogen (secondary N) is 1. The van der Waals surface area contributed by atoms with Crippen LogP contribution in [0.1, 0.15) is 23.7 Å². The van der Waals surface area contributed by atoms with E-state index in [1.54, 1.807) is 36.4 Å². The minimum Gasteiger partial charge on any atom is -0.491 e. The summed E-state index contributed by atoms with van der Waals surface area (Å²) in [4.78, 5) is 12.7. The maximum atomic E-state index is 12.7. The van der Waals surface area contributed by atoms with Crippen molar-refractivity contribution in [1.82, 2.24) is 0 Å². The molecule has 5 nitrogen and oxygen atoms in total. The quantitative estimate of drug-likeness (QED) is 0.498. The van der Waals surface area contributed by atoms with Crippen molar-refractivity contribution in [3.05, 3.63) is 77.3 Å². The van der Waals surface area contributed by atoms with Gasteiger partial charge in [-0.2, -0.15) is 0 Å². The van der Waals surface area contributed by atoms with E-state index in [-0.39, 0.29) is 5.91 Å². The Morgan fingerprint density at radius 1 is 1.04 bits per heavy atom. The molecule has 3 N–H and O–H groups in total. The minimum atomic E-state index is -0.325. The number of benzene rings is 3. The van der Waals surface area contributed by atoms with Gasteiger partial charge < -0.3 is 20.5 Å². The second kappa shape index (κ2) is 9.15. The predicted octanol–water partition coefficient (Wildman–Crippen LogP) is 5.76. The Labute approximate surface area is 169 Å². The Bertz CT molecular complexity index is 961. The maximum Gasteiger partial charge on any atom is 0.255 e. The van der Waals surface area contributed by atoms with E-state index in [0.29, 0.717) is 45.8 Å². The molecule has 0 atom stereocenters. The molecule has 28 heavy (non-hydrogen) atoms. The molecule has 1 amide bonds. The zero-order valence-corrected chi connectivity index (χ0v) is 16.2. The Kier molecular flexibility index (Phi) is 6.40. The lowest BCUT2D eigenvalue weighted by Gasteiger charge is -2.14. The second-order valence-electron chi connectivity index (χ2n) is 6.11. The molecule has 0 aliphatic heterocycles. The van der Waals surface area contributed by atoms with E-state index in [4.69, 9.17) is 26.8 Å². The van der Waals surface area contributed by atoms with Gasteiger partial charge in [-0.25, -0.2) is 0 Å². The second-order valence-corrected chi connectivity index (χ2v) is 6.55. The average molecular weight is 397 g/mol. The van der Waals surface area contributed by atoms with E-state index >= 15 is 0 Å². The number of halogens is 1. The van der Waals surface area contributed by atoms with Crippen LogP contribution in [-0.2, 0) is 0 Å². The van der Waals surface area contributed by atoms with Crippen molar-refractivity contribution in [1.29, 1.82) is 0 Å². The first-order valence-electron chi connectivity index (χ1n) is 8.93. The lowest BCUT2D eigenvalue weighted by molar-refractivity contribution is 0.102. The number of amides is 1. The monoisotopic (exact) mass is 396 g/mol. The largest absolute Gasteiger partial charge is 0.491 e. The molecule has 144 valence electrons. The number of nitrogens with two attached hydrogens (primary N) is 1. The highest BCUT2D eigenvalue weighted by Crippen LogP contribution is 2.32. The van der Waals surface area contributed by atoms with E-state index in [1.807, 2.05) is 37.3 Å². The zero-order chi connectivity index (χ0) is 19.9. The van der Waals surface area contributed by atoms with Gasteiger partial charge in [0.1, 0.15) is 11.5 Å². The van der Waals surface area contributed by atoms with Crippen molar-refractivity contribution in [2.75, 3.05) is 17.7 Å². The van der Waals surface area contributed by atoms with Gasteiger partial charge in [0.2, 0.25) is 0 Å². The highest BCUT2D eigenvalue weighted by Gasteiger charge is 2.13. The highest BCUT2D eigenvalue weighted by atomic mass is 35.5. The Balaban J connectivity index is 1.80. The SMILES string of the molecule is CCCOc1ccc(C(=O)Nc2cc(Cl)ccc2Oc2ccccc2)cc1N. The van der Waals surface area contributed by atoms with E-state index < -0.39 is 0 Å². The number of carbonyl (C=O) groups excluding carboxylic acids is 1. The van der Waals surface area contributed by atoms with Crippen molar-refractivity contribution >= 4 is 28.9 Å². The van der Waals surface area contributed by atoms with Crippen molar-refractivity contribution in [3.63, 3.8) is 0 Å². The molecule has 3 aromatic carbocycles. The molecular formula is C22H21ClN2O3. The van der Waals surface area contributed by atoms with Crippen molar-refractivity contribution in [2.45, 2.75) is 13.3 Å². The van der Waals surface area contributed by atoms with Crippen molar-refractivity contribution < 1.29 is 14.3 Å². The smallest absolute Gasteiger partial charge is 0.255 e. The van der Waals surface area contributed by atoms with Gasteiger partial charge in [0.05, 0.1) is 18.0 Å². The van der Waals surface area contributed by atoms with Crippen LogP contribution in [0.3, 0.4) is 0 Å². The molecule has 0 saturated heterocycles. The van der Waals surface area contributed by atoms with Gasteiger partial charge in [0.15, 0.2) is 5.75 Å². The first kappa shape index (κ1) is 19.6. The average Bonchev–Trinajstić information content (AvgIpc) is 2.70. The summed E-state index contributed by atoms with van der Waals surface area (Å²) in [7, 11) is 0. The first-order chi connectivity index (χ1) is 13.6. The summed E-state index contributed by atoms with van der Waals surface area (Å²) in [5.74, 6) is 1.38. The van der Waals surface area contributed by atoms with Crippen LogP contribution >= 0.6 is 11.6 Å². The maximum absolute atomic E-state index is 12.7. The lowest BCUT2D eigenvalue weighted by atomic mass is 10.1. The third kappa shape index (κ3) is 4.96. The van der Waals surface area contributed by atoms with Crippen LogP contribution in [0.2, 0.25) is 5.02 Å². The van der Waals surface area contributed by atoms with E-state index in [9.17, 15) is 4.79 Å².